The monoisotopic (exact) mass is 311 g/mol. The average molecular weight is 312 g/mol. The van der Waals surface area contributed by atoms with E-state index in [-0.39, 0.29) is 11.4 Å². The van der Waals surface area contributed by atoms with E-state index in [1.165, 1.54) is 32.1 Å². The van der Waals surface area contributed by atoms with Crippen LogP contribution >= 0.6 is 15.9 Å². The standard InChI is InChI=1S/C15H19BrFN/c16-12-6-7-14(17)13(10-12)15(11-4-5-11)8-2-1-3-9-18-15/h6-7,10-11,18H,1-5,8-9H2. The third-order valence-corrected chi connectivity index (χ3v) is 4.86. The first kappa shape index (κ1) is 12.6. The van der Waals surface area contributed by atoms with Crippen LogP contribution in [0.3, 0.4) is 0 Å². The Bertz CT molecular complexity index is 434. The molecule has 1 saturated carbocycles. The number of hydrogen-bond donors (Lipinski definition) is 1. The Labute approximate surface area is 116 Å². The summed E-state index contributed by atoms with van der Waals surface area (Å²) in [4.78, 5) is 0. The number of nitrogens with one attached hydrogen (secondary N) is 1. The molecule has 1 aromatic carbocycles. The highest BCUT2D eigenvalue weighted by molar-refractivity contribution is 9.10. The zero-order valence-electron chi connectivity index (χ0n) is 10.5. The second-order valence-corrected chi connectivity index (χ2v) is 6.52. The fraction of sp³-hybridized carbons (Fsp3) is 0.600. The van der Waals surface area contributed by atoms with Crippen LogP contribution in [0.1, 0.15) is 44.1 Å². The van der Waals surface area contributed by atoms with Gasteiger partial charge in [0.25, 0.3) is 0 Å². The predicted octanol–water partition coefficient (Wildman–Crippen LogP) is 4.36. The molecule has 2 aliphatic rings. The summed E-state index contributed by atoms with van der Waals surface area (Å²) in [6, 6.07) is 5.36. The average Bonchev–Trinajstić information content (AvgIpc) is 3.17. The topological polar surface area (TPSA) is 12.0 Å². The minimum atomic E-state index is -0.107. The van der Waals surface area contributed by atoms with E-state index in [0.29, 0.717) is 5.92 Å². The van der Waals surface area contributed by atoms with E-state index in [0.717, 1.165) is 23.0 Å². The minimum Gasteiger partial charge on any atom is -0.307 e. The Hall–Kier alpha value is -0.410. The van der Waals surface area contributed by atoms with Crippen molar-refractivity contribution in [3.8, 4) is 0 Å². The summed E-state index contributed by atoms with van der Waals surface area (Å²) >= 11 is 3.48. The summed E-state index contributed by atoms with van der Waals surface area (Å²) in [7, 11) is 0. The largest absolute Gasteiger partial charge is 0.307 e. The molecule has 0 radical (unpaired) electrons. The van der Waals surface area contributed by atoms with Gasteiger partial charge in [-0.2, -0.15) is 0 Å². The van der Waals surface area contributed by atoms with Crippen molar-refractivity contribution in [3.63, 3.8) is 0 Å². The summed E-state index contributed by atoms with van der Waals surface area (Å²) in [6.07, 6.45) is 7.22. The van der Waals surface area contributed by atoms with Crippen molar-refractivity contribution in [1.29, 1.82) is 0 Å². The molecule has 1 N–H and O–H groups in total. The number of halogens is 2. The first-order valence-corrected chi connectivity index (χ1v) is 7.72. The van der Waals surface area contributed by atoms with Gasteiger partial charge in [0.2, 0.25) is 0 Å². The lowest BCUT2D eigenvalue weighted by atomic mass is 9.81. The maximum absolute atomic E-state index is 14.3. The van der Waals surface area contributed by atoms with Crippen molar-refractivity contribution in [3.05, 3.63) is 34.1 Å². The van der Waals surface area contributed by atoms with Crippen LogP contribution in [0.25, 0.3) is 0 Å². The van der Waals surface area contributed by atoms with Gasteiger partial charge < -0.3 is 5.32 Å². The summed E-state index contributed by atoms with van der Waals surface area (Å²) in [5.74, 6) is 0.568. The fourth-order valence-corrected chi connectivity index (χ4v) is 3.68. The molecule has 1 aliphatic carbocycles. The molecule has 3 rings (SSSR count). The maximum atomic E-state index is 14.3. The van der Waals surface area contributed by atoms with Crippen molar-refractivity contribution in [2.24, 2.45) is 5.92 Å². The molecule has 1 aliphatic heterocycles. The number of hydrogen-bond acceptors (Lipinski definition) is 1. The van der Waals surface area contributed by atoms with Crippen molar-refractivity contribution >= 4 is 15.9 Å². The molecule has 1 atom stereocenters. The summed E-state index contributed by atoms with van der Waals surface area (Å²) < 4.78 is 15.2. The van der Waals surface area contributed by atoms with E-state index in [9.17, 15) is 4.39 Å². The van der Waals surface area contributed by atoms with Gasteiger partial charge >= 0.3 is 0 Å². The molecular weight excluding hydrogens is 293 g/mol. The Morgan fingerprint density at radius 3 is 2.83 bits per heavy atom. The van der Waals surface area contributed by atoms with Crippen LogP contribution in [-0.4, -0.2) is 6.54 Å². The zero-order chi connectivity index (χ0) is 12.6. The lowest BCUT2D eigenvalue weighted by molar-refractivity contribution is 0.269. The van der Waals surface area contributed by atoms with Gasteiger partial charge in [-0.1, -0.05) is 28.8 Å². The van der Waals surface area contributed by atoms with Gasteiger partial charge in [0.15, 0.2) is 0 Å². The van der Waals surface area contributed by atoms with Crippen molar-refractivity contribution in [2.75, 3.05) is 6.54 Å². The first-order valence-electron chi connectivity index (χ1n) is 6.93. The second-order valence-electron chi connectivity index (χ2n) is 5.61. The van der Waals surface area contributed by atoms with E-state index in [2.05, 4.69) is 21.2 Å². The Morgan fingerprint density at radius 2 is 2.06 bits per heavy atom. The van der Waals surface area contributed by atoms with Crippen LogP contribution in [-0.2, 0) is 5.54 Å². The van der Waals surface area contributed by atoms with Gasteiger partial charge in [-0.25, -0.2) is 4.39 Å². The molecule has 0 aromatic heterocycles. The molecule has 98 valence electrons. The molecule has 18 heavy (non-hydrogen) atoms. The Morgan fingerprint density at radius 1 is 1.22 bits per heavy atom. The summed E-state index contributed by atoms with van der Waals surface area (Å²) in [6.45, 7) is 1.02. The molecule has 2 fully saturated rings. The highest BCUT2D eigenvalue weighted by atomic mass is 79.9. The van der Waals surface area contributed by atoms with Crippen LogP contribution in [0.2, 0.25) is 0 Å². The highest BCUT2D eigenvalue weighted by Crippen LogP contribution is 2.50. The van der Waals surface area contributed by atoms with Gasteiger partial charge in [0, 0.05) is 15.6 Å². The third kappa shape index (κ3) is 2.23. The lowest BCUT2D eigenvalue weighted by Gasteiger charge is -2.35. The van der Waals surface area contributed by atoms with Gasteiger partial charge in [0.1, 0.15) is 5.82 Å². The minimum absolute atomic E-state index is 0.0560. The maximum Gasteiger partial charge on any atom is 0.128 e. The normalized spacial score (nSPS) is 29.0. The fourth-order valence-electron chi connectivity index (χ4n) is 3.32. The molecular formula is C15H19BrFN. The SMILES string of the molecule is Fc1ccc(Br)cc1C1(C2CC2)CCCCCN1. The lowest BCUT2D eigenvalue weighted by Crippen LogP contribution is -2.44. The smallest absolute Gasteiger partial charge is 0.128 e. The van der Waals surface area contributed by atoms with Gasteiger partial charge in [-0.3, -0.25) is 0 Å². The molecule has 0 spiro atoms. The van der Waals surface area contributed by atoms with Gasteiger partial charge in [-0.15, -0.1) is 0 Å². The van der Waals surface area contributed by atoms with Crippen LogP contribution in [0, 0.1) is 11.7 Å². The first-order chi connectivity index (χ1) is 8.72. The van der Waals surface area contributed by atoms with Crippen LogP contribution in [0.15, 0.2) is 22.7 Å². The molecule has 1 aromatic rings. The van der Waals surface area contributed by atoms with Crippen molar-refractivity contribution in [2.45, 2.75) is 44.1 Å². The van der Waals surface area contributed by atoms with Gasteiger partial charge in [0.05, 0.1) is 0 Å². The van der Waals surface area contributed by atoms with E-state index < -0.39 is 0 Å². The Kier molecular flexibility index (Phi) is 3.46. The number of rotatable bonds is 2. The molecule has 1 saturated heterocycles. The van der Waals surface area contributed by atoms with Crippen molar-refractivity contribution in [1.82, 2.24) is 5.32 Å². The summed E-state index contributed by atoms with van der Waals surface area (Å²) in [5, 5.41) is 3.68. The van der Waals surface area contributed by atoms with Crippen LogP contribution in [0.4, 0.5) is 4.39 Å². The Balaban J connectivity index is 2.04. The van der Waals surface area contributed by atoms with E-state index >= 15 is 0 Å². The number of benzene rings is 1. The van der Waals surface area contributed by atoms with E-state index in [4.69, 9.17) is 0 Å². The second kappa shape index (κ2) is 4.93. The quantitative estimate of drug-likeness (QED) is 0.856. The zero-order valence-corrected chi connectivity index (χ0v) is 12.1. The van der Waals surface area contributed by atoms with Crippen LogP contribution < -0.4 is 5.32 Å². The molecule has 1 heterocycles. The van der Waals surface area contributed by atoms with E-state index in [1.807, 2.05) is 6.07 Å². The molecule has 1 nitrogen and oxygen atoms in total. The molecule has 3 heteroatoms. The summed E-state index contributed by atoms with van der Waals surface area (Å²) in [5.41, 5.74) is 0.769. The third-order valence-electron chi connectivity index (χ3n) is 4.37. The highest BCUT2D eigenvalue weighted by Gasteiger charge is 2.47. The van der Waals surface area contributed by atoms with E-state index in [1.54, 1.807) is 12.1 Å². The molecule has 1 unspecified atom stereocenters. The molecule has 0 amide bonds. The van der Waals surface area contributed by atoms with Crippen molar-refractivity contribution < 1.29 is 4.39 Å². The predicted molar refractivity (Wildman–Crippen MR) is 75.0 cm³/mol. The van der Waals surface area contributed by atoms with Crippen LogP contribution in [0.5, 0.6) is 0 Å². The van der Waals surface area contributed by atoms with Gasteiger partial charge in [-0.05, 0) is 56.3 Å². The molecule has 0 bridgehead atoms.